The van der Waals surface area contributed by atoms with Crippen molar-refractivity contribution in [2.24, 2.45) is 0 Å². The van der Waals surface area contributed by atoms with Crippen molar-refractivity contribution in [3.05, 3.63) is 23.3 Å². The number of benzene rings is 1. The van der Waals surface area contributed by atoms with Gasteiger partial charge >= 0.3 is 5.97 Å². The van der Waals surface area contributed by atoms with Gasteiger partial charge in [0.1, 0.15) is 0 Å². The summed E-state index contributed by atoms with van der Waals surface area (Å²) in [5.74, 6) is -0.495. The number of hydrogen-bond donors (Lipinski definition) is 2. The summed E-state index contributed by atoms with van der Waals surface area (Å²) in [5.41, 5.74) is 7.94. The zero-order valence-electron chi connectivity index (χ0n) is 11.6. The molecule has 3 N–H and O–H groups in total. The number of carbonyl (C=O) groups excluding carboxylic acids is 2. The van der Waals surface area contributed by atoms with Crippen molar-refractivity contribution >= 4 is 23.3 Å². The zero-order valence-corrected chi connectivity index (χ0v) is 11.6. The molecule has 1 aromatic carbocycles. The fourth-order valence-corrected chi connectivity index (χ4v) is 1.75. The molecule has 104 valence electrons. The molecule has 19 heavy (non-hydrogen) atoms. The summed E-state index contributed by atoms with van der Waals surface area (Å²) in [7, 11) is 0. The Balaban J connectivity index is 2.97. The molecule has 0 spiro atoms. The van der Waals surface area contributed by atoms with Crippen LogP contribution >= 0.6 is 0 Å². The number of nitrogens with two attached hydrogens (primary N) is 1. The van der Waals surface area contributed by atoms with Gasteiger partial charge in [0.2, 0.25) is 5.91 Å². The number of esters is 1. The first kappa shape index (κ1) is 15.0. The van der Waals surface area contributed by atoms with Crippen LogP contribution in [0.3, 0.4) is 0 Å². The predicted molar refractivity (Wildman–Crippen MR) is 75.1 cm³/mol. The SMILES string of the molecule is CCCC(=O)Nc1c(C)cc(C(=O)OCC)cc1N. The van der Waals surface area contributed by atoms with Crippen LogP contribution in [0.1, 0.15) is 42.6 Å². The van der Waals surface area contributed by atoms with Crippen molar-refractivity contribution in [1.29, 1.82) is 0 Å². The Bertz CT molecular complexity index is 461. The lowest BCUT2D eigenvalue weighted by molar-refractivity contribution is -0.116. The highest BCUT2D eigenvalue weighted by Gasteiger charge is 2.13. The Morgan fingerprint density at radius 1 is 1.32 bits per heavy atom. The lowest BCUT2D eigenvalue weighted by atomic mass is 10.1. The van der Waals surface area contributed by atoms with Crippen LogP contribution in [0.5, 0.6) is 0 Å². The maximum Gasteiger partial charge on any atom is 0.338 e. The van der Waals surface area contributed by atoms with Gasteiger partial charge in [0.05, 0.1) is 23.5 Å². The Hall–Kier alpha value is -2.04. The molecule has 1 aromatic rings. The average molecular weight is 264 g/mol. The molecule has 0 bridgehead atoms. The van der Waals surface area contributed by atoms with E-state index < -0.39 is 5.97 Å². The molecular weight excluding hydrogens is 244 g/mol. The molecule has 0 aliphatic carbocycles. The van der Waals surface area contributed by atoms with Crippen LogP contribution in [0.4, 0.5) is 11.4 Å². The van der Waals surface area contributed by atoms with Gasteiger partial charge in [0.15, 0.2) is 0 Å². The number of aryl methyl sites for hydroxylation is 1. The number of ether oxygens (including phenoxy) is 1. The second-order valence-corrected chi connectivity index (χ2v) is 4.28. The molecule has 0 aliphatic heterocycles. The molecule has 0 atom stereocenters. The predicted octanol–water partition coefficient (Wildman–Crippen LogP) is 2.49. The Kier molecular flexibility index (Phi) is 5.36. The maximum absolute atomic E-state index is 11.6. The molecule has 0 saturated heterocycles. The van der Waals surface area contributed by atoms with Crippen molar-refractivity contribution in [1.82, 2.24) is 0 Å². The van der Waals surface area contributed by atoms with Crippen LogP contribution in [0.2, 0.25) is 0 Å². The van der Waals surface area contributed by atoms with Crippen molar-refractivity contribution < 1.29 is 14.3 Å². The minimum absolute atomic E-state index is 0.0822. The first-order valence-electron chi connectivity index (χ1n) is 6.36. The van der Waals surface area contributed by atoms with Gasteiger partial charge in [-0.15, -0.1) is 0 Å². The van der Waals surface area contributed by atoms with Gasteiger partial charge in [-0.3, -0.25) is 4.79 Å². The van der Waals surface area contributed by atoms with Crippen molar-refractivity contribution in [3.8, 4) is 0 Å². The molecule has 0 heterocycles. The summed E-state index contributed by atoms with van der Waals surface area (Å²) < 4.78 is 4.92. The number of rotatable bonds is 5. The van der Waals surface area contributed by atoms with Crippen molar-refractivity contribution in [3.63, 3.8) is 0 Å². The van der Waals surface area contributed by atoms with Gasteiger partial charge < -0.3 is 15.8 Å². The third kappa shape index (κ3) is 3.98. The summed E-state index contributed by atoms with van der Waals surface area (Å²) in [6.45, 7) is 5.78. The van der Waals surface area contributed by atoms with Gasteiger partial charge in [-0.2, -0.15) is 0 Å². The topological polar surface area (TPSA) is 81.4 Å². The van der Waals surface area contributed by atoms with Crippen LogP contribution in [-0.2, 0) is 9.53 Å². The molecule has 0 unspecified atom stereocenters. The fraction of sp³-hybridized carbons (Fsp3) is 0.429. The number of anilines is 2. The third-order valence-corrected chi connectivity index (χ3v) is 2.62. The van der Waals surface area contributed by atoms with E-state index in [4.69, 9.17) is 10.5 Å². The quantitative estimate of drug-likeness (QED) is 0.632. The van der Waals surface area contributed by atoms with Crippen LogP contribution in [0, 0.1) is 6.92 Å². The lowest BCUT2D eigenvalue weighted by Crippen LogP contribution is -2.14. The van der Waals surface area contributed by atoms with Gasteiger partial charge in [0.25, 0.3) is 0 Å². The third-order valence-electron chi connectivity index (χ3n) is 2.62. The normalized spacial score (nSPS) is 10.1. The number of amides is 1. The first-order chi connectivity index (χ1) is 8.99. The maximum atomic E-state index is 11.6. The molecule has 0 aromatic heterocycles. The minimum atomic E-state index is -0.413. The van der Waals surface area contributed by atoms with E-state index in [9.17, 15) is 9.59 Å². The van der Waals surface area contributed by atoms with E-state index in [2.05, 4.69) is 5.32 Å². The van der Waals surface area contributed by atoms with E-state index in [0.29, 0.717) is 30.0 Å². The van der Waals surface area contributed by atoms with E-state index in [1.807, 2.05) is 6.92 Å². The van der Waals surface area contributed by atoms with E-state index in [1.165, 1.54) is 6.07 Å². The summed E-state index contributed by atoms with van der Waals surface area (Å²) in [4.78, 5) is 23.2. The largest absolute Gasteiger partial charge is 0.462 e. The van der Waals surface area contributed by atoms with Crippen LogP contribution in [0.15, 0.2) is 12.1 Å². The van der Waals surface area contributed by atoms with Gasteiger partial charge in [-0.25, -0.2) is 4.79 Å². The number of nitrogen functional groups attached to an aromatic ring is 1. The Morgan fingerprint density at radius 3 is 2.53 bits per heavy atom. The number of nitrogens with one attached hydrogen (secondary N) is 1. The molecule has 1 rings (SSSR count). The van der Waals surface area contributed by atoms with Crippen molar-refractivity contribution in [2.75, 3.05) is 17.7 Å². The standard InChI is InChI=1S/C14H20N2O3/c1-4-6-12(17)16-13-9(3)7-10(8-11(13)15)14(18)19-5-2/h7-8H,4-6,15H2,1-3H3,(H,16,17). The van der Waals surface area contributed by atoms with Crippen LogP contribution < -0.4 is 11.1 Å². The number of hydrogen-bond acceptors (Lipinski definition) is 4. The Labute approximate surface area is 113 Å². The minimum Gasteiger partial charge on any atom is -0.462 e. The highest BCUT2D eigenvalue weighted by atomic mass is 16.5. The van der Waals surface area contributed by atoms with Crippen LogP contribution in [-0.4, -0.2) is 18.5 Å². The molecule has 5 nitrogen and oxygen atoms in total. The van der Waals surface area contributed by atoms with E-state index >= 15 is 0 Å². The first-order valence-corrected chi connectivity index (χ1v) is 6.36. The molecular formula is C14H20N2O3. The summed E-state index contributed by atoms with van der Waals surface area (Å²) in [6, 6.07) is 3.18. The van der Waals surface area contributed by atoms with Gasteiger partial charge in [0, 0.05) is 6.42 Å². The molecule has 0 radical (unpaired) electrons. The van der Waals surface area contributed by atoms with E-state index in [-0.39, 0.29) is 5.91 Å². The second kappa shape index (κ2) is 6.78. The molecule has 0 fully saturated rings. The van der Waals surface area contributed by atoms with Gasteiger partial charge in [-0.1, -0.05) is 6.92 Å². The summed E-state index contributed by atoms with van der Waals surface area (Å²) in [5, 5.41) is 2.76. The van der Waals surface area contributed by atoms with E-state index in [0.717, 1.165) is 12.0 Å². The molecule has 0 saturated carbocycles. The second-order valence-electron chi connectivity index (χ2n) is 4.28. The lowest BCUT2D eigenvalue weighted by Gasteiger charge is -2.13. The fourth-order valence-electron chi connectivity index (χ4n) is 1.75. The molecule has 0 aliphatic rings. The highest BCUT2D eigenvalue weighted by molar-refractivity contribution is 5.98. The zero-order chi connectivity index (χ0) is 14.4. The monoisotopic (exact) mass is 264 g/mol. The smallest absolute Gasteiger partial charge is 0.338 e. The average Bonchev–Trinajstić information content (AvgIpc) is 2.34. The van der Waals surface area contributed by atoms with Gasteiger partial charge in [-0.05, 0) is 38.0 Å². The summed E-state index contributed by atoms with van der Waals surface area (Å²) in [6.07, 6.45) is 1.21. The molecule has 5 heteroatoms. The summed E-state index contributed by atoms with van der Waals surface area (Å²) >= 11 is 0. The van der Waals surface area contributed by atoms with E-state index in [1.54, 1.807) is 19.9 Å². The Morgan fingerprint density at radius 2 is 2.00 bits per heavy atom. The van der Waals surface area contributed by atoms with Crippen molar-refractivity contribution in [2.45, 2.75) is 33.6 Å². The number of carbonyl (C=O) groups is 2. The highest BCUT2D eigenvalue weighted by Crippen LogP contribution is 2.25. The molecule has 1 amide bonds. The van der Waals surface area contributed by atoms with Crippen LogP contribution in [0.25, 0.3) is 0 Å².